The van der Waals surface area contributed by atoms with Crippen LogP contribution in [-0.2, 0) is 0 Å². The summed E-state index contributed by atoms with van der Waals surface area (Å²) in [4.78, 5) is 22.5. The van der Waals surface area contributed by atoms with Gasteiger partial charge < -0.3 is 14.9 Å². The first-order valence-corrected chi connectivity index (χ1v) is 9.40. The van der Waals surface area contributed by atoms with Gasteiger partial charge in [-0.15, -0.1) is 0 Å². The highest BCUT2D eigenvalue weighted by atomic mass is 35.5. The van der Waals surface area contributed by atoms with E-state index in [0.29, 0.717) is 22.8 Å². The molecule has 2 fully saturated rings. The van der Waals surface area contributed by atoms with Crippen LogP contribution in [0.1, 0.15) is 30.1 Å². The molecule has 0 bridgehead atoms. The average molecular weight is 367 g/mol. The van der Waals surface area contributed by atoms with Crippen molar-refractivity contribution in [2.75, 3.05) is 51.2 Å². The molecular weight excluding hydrogens is 340 g/mol. The number of hydrogen-bond acceptors (Lipinski definition) is 5. The zero-order valence-corrected chi connectivity index (χ0v) is 15.7. The molecule has 0 aromatic carbocycles. The molecule has 1 aromatic rings. The summed E-state index contributed by atoms with van der Waals surface area (Å²) in [5.74, 6) is 0.398. The monoisotopic (exact) mass is 366 g/mol. The third-order valence-corrected chi connectivity index (χ3v) is 5.98. The van der Waals surface area contributed by atoms with Crippen LogP contribution in [-0.4, -0.2) is 78.2 Å². The molecule has 0 amide bonds. The standard InChI is InChI=1S/C18H27ClN4O2/c1-13(22-9-7-21(2)8-10-22)14-3-5-23(6-4-14)17-16(19)11-15(12-20-17)18(24)25/h11-14H,3-10H2,1-2H3,(H,24,25)/t13-/m0/s1. The first-order valence-electron chi connectivity index (χ1n) is 9.02. The second-order valence-corrected chi connectivity index (χ2v) is 7.65. The van der Waals surface area contributed by atoms with Crippen molar-refractivity contribution < 1.29 is 9.90 Å². The Bertz CT molecular complexity index is 611. The molecule has 0 aliphatic carbocycles. The number of carboxylic acids is 1. The highest BCUT2D eigenvalue weighted by Gasteiger charge is 2.30. The van der Waals surface area contributed by atoms with Crippen molar-refractivity contribution in [1.29, 1.82) is 0 Å². The normalized spacial score (nSPS) is 22.1. The lowest BCUT2D eigenvalue weighted by molar-refractivity contribution is 0.0696. The molecule has 0 saturated carbocycles. The molecule has 7 heteroatoms. The van der Waals surface area contributed by atoms with E-state index in [9.17, 15) is 4.79 Å². The number of aromatic nitrogens is 1. The molecule has 2 saturated heterocycles. The lowest BCUT2D eigenvalue weighted by Crippen LogP contribution is -2.51. The number of pyridine rings is 1. The van der Waals surface area contributed by atoms with Crippen LogP contribution in [0.2, 0.25) is 5.02 Å². The van der Waals surface area contributed by atoms with Crippen molar-refractivity contribution >= 4 is 23.4 Å². The lowest BCUT2D eigenvalue weighted by Gasteiger charge is -2.43. The Morgan fingerprint density at radius 2 is 1.88 bits per heavy atom. The van der Waals surface area contributed by atoms with E-state index in [1.807, 2.05) is 0 Å². The molecule has 0 radical (unpaired) electrons. The minimum absolute atomic E-state index is 0.132. The van der Waals surface area contributed by atoms with Crippen LogP contribution in [0.4, 0.5) is 5.82 Å². The second-order valence-electron chi connectivity index (χ2n) is 7.24. The van der Waals surface area contributed by atoms with Crippen LogP contribution < -0.4 is 4.90 Å². The van der Waals surface area contributed by atoms with Crippen LogP contribution in [0.3, 0.4) is 0 Å². The number of rotatable bonds is 4. The molecule has 1 aromatic heterocycles. The van der Waals surface area contributed by atoms with Crippen molar-refractivity contribution in [3.05, 3.63) is 22.8 Å². The SMILES string of the molecule is C[C@@H](C1CCN(c2ncc(C(=O)O)cc2Cl)CC1)N1CCN(C)CC1. The molecule has 2 aliphatic rings. The topological polar surface area (TPSA) is 59.9 Å². The van der Waals surface area contributed by atoms with E-state index in [2.05, 4.69) is 33.7 Å². The fourth-order valence-corrected chi connectivity index (χ4v) is 4.19. The number of nitrogens with zero attached hydrogens (tertiary/aromatic N) is 4. The molecule has 6 nitrogen and oxygen atoms in total. The fourth-order valence-electron chi connectivity index (χ4n) is 3.90. The van der Waals surface area contributed by atoms with Gasteiger partial charge in [0.15, 0.2) is 0 Å². The largest absolute Gasteiger partial charge is 0.478 e. The van der Waals surface area contributed by atoms with E-state index in [1.54, 1.807) is 0 Å². The van der Waals surface area contributed by atoms with Crippen molar-refractivity contribution in [2.45, 2.75) is 25.8 Å². The summed E-state index contributed by atoms with van der Waals surface area (Å²) < 4.78 is 0. The Kier molecular flexibility index (Phi) is 5.81. The first kappa shape index (κ1) is 18.4. The van der Waals surface area contributed by atoms with E-state index in [0.717, 1.165) is 52.1 Å². The summed E-state index contributed by atoms with van der Waals surface area (Å²) in [7, 11) is 2.19. The molecular formula is C18H27ClN4O2. The van der Waals surface area contributed by atoms with Gasteiger partial charge in [-0.05, 0) is 38.8 Å². The highest BCUT2D eigenvalue weighted by molar-refractivity contribution is 6.33. The molecule has 1 atom stereocenters. The maximum absolute atomic E-state index is 11.0. The smallest absolute Gasteiger partial charge is 0.337 e. The van der Waals surface area contributed by atoms with Gasteiger partial charge in [-0.25, -0.2) is 9.78 Å². The molecule has 25 heavy (non-hydrogen) atoms. The first-order chi connectivity index (χ1) is 12.0. The Hall–Kier alpha value is -1.37. The summed E-state index contributed by atoms with van der Waals surface area (Å²) >= 11 is 6.26. The van der Waals surface area contributed by atoms with Gasteiger partial charge in [-0.1, -0.05) is 11.6 Å². The Morgan fingerprint density at radius 1 is 1.24 bits per heavy atom. The summed E-state index contributed by atoms with van der Waals surface area (Å²) in [6.07, 6.45) is 3.63. The van der Waals surface area contributed by atoms with Gasteiger partial charge in [0.2, 0.25) is 0 Å². The molecule has 3 heterocycles. The number of halogens is 1. The Morgan fingerprint density at radius 3 is 2.44 bits per heavy atom. The highest BCUT2D eigenvalue weighted by Crippen LogP contribution is 2.30. The van der Waals surface area contributed by atoms with Gasteiger partial charge >= 0.3 is 5.97 Å². The van der Waals surface area contributed by atoms with Crippen LogP contribution in [0.25, 0.3) is 0 Å². The van der Waals surface area contributed by atoms with Gasteiger partial charge in [-0.2, -0.15) is 0 Å². The number of likely N-dealkylation sites (N-methyl/N-ethyl adjacent to an activating group) is 1. The van der Waals surface area contributed by atoms with Gasteiger partial charge in [0.05, 0.1) is 10.6 Å². The van der Waals surface area contributed by atoms with E-state index in [4.69, 9.17) is 16.7 Å². The van der Waals surface area contributed by atoms with E-state index in [1.165, 1.54) is 12.3 Å². The molecule has 3 rings (SSSR count). The third kappa shape index (κ3) is 4.25. The minimum atomic E-state index is -0.999. The predicted octanol–water partition coefficient (Wildman–Crippen LogP) is 2.29. The quantitative estimate of drug-likeness (QED) is 0.882. The summed E-state index contributed by atoms with van der Waals surface area (Å²) in [5.41, 5.74) is 0.132. The van der Waals surface area contributed by atoms with Crippen molar-refractivity contribution in [3.8, 4) is 0 Å². The van der Waals surface area contributed by atoms with Crippen LogP contribution in [0.5, 0.6) is 0 Å². The predicted molar refractivity (Wildman–Crippen MR) is 99.7 cm³/mol. The van der Waals surface area contributed by atoms with E-state index < -0.39 is 5.97 Å². The number of carboxylic acid groups (broad SMARTS) is 1. The van der Waals surface area contributed by atoms with Gasteiger partial charge in [-0.3, -0.25) is 4.90 Å². The minimum Gasteiger partial charge on any atom is -0.478 e. The third-order valence-electron chi connectivity index (χ3n) is 5.70. The second kappa shape index (κ2) is 7.89. The van der Waals surface area contributed by atoms with Gasteiger partial charge in [0, 0.05) is 51.5 Å². The van der Waals surface area contributed by atoms with Crippen LogP contribution in [0, 0.1) is 5.92 Å². The van der Waals surface area contributed by atoms with Crippen molar-refractivity contribution in [1.82, 2.24) is 14.8 Å². The maximum atomic E-state index is 11.0. The van der Waals surface area contributed by atoms with Crippen LogP contribution >= 0.6 is 11.6 Å². The Labute approximate surface area is 154 Å². The molecule has 2 aliphatic heterocycles. The number of piperazine rings is 1. The number of aromatic carboxylic acids is 1. The summed E-state index contributed by atoms with van der Waals surface area (Å²) in [6, 6.07) is 2.10. The number of anilines is 1. The number of hydrogen-bond donors (Lipinski definition) is 1. The van der Waals surface area contributed by atoms with Crippen molar-refractivity contribution in [2.24, 2.45) is 5.92 Å². The fraction of sp³-hybridized carbons (Fsp3) is 0.667. The molecule has 0 spiro atoms. The van der Waals surface area contributed by atoms with Crippen molar-refractivity contribution in [3.63, 3.8) is 0 Å². The summed E-state index contributed by atoms with van der Waals surface area (Å²) in [5, 5.41) is 9.45. The van der Waals surface area contributed by atoms with Crippen LogP contribution in [0.15, 0.2) is 12.3 Å². The van der Waals surface area contributed by atoms with Gasteiger partial charge in [0.1, 0.15) is 5.82 Å². The lowest BCUT2D eigenvalue weighted by atomic mass is 9.89. The van der Waals surface area contributed by atoms with E-state index in [-0.39, 0.29) is 5.56 Å². The molecule has 1 N–H and O–H groups in total. The zero-order valence-electron chi connectivity index (χ0n) is 15.0. The maximum Gasteiger partial charge on any atom is 0.337 e. The average Bonchev–Trinajstić information content (AvgIpc) is 2.62. The Balaban J connectivity index is 1.57. The number of piperidine rings is 1. The summed E-state index contributed by atoms with van der Waals surface area (Å²) in [6.45, 7) is 8.81. The molecule has 0 unspecified atom stereocenters. The van der Waals surface area contributed by atoms with Gasteiger partial charge in [0.25, 0.3) is 0 Å². The molecule has 138 valence electrons. The van der Waals surface area contributed by atoms with E-state index >= 15 is 0 Å². The zero-order chi connectivity index (χ0) is 18.0. The number of carbonyl (C=O) groups is 1.